The van der Waals surface area contributed by atoms with Gasteiger partial charge in [0, 0.05) is 44.8 Å². The van der Waals surface area contributed by atoms with Crippen molar-refractivity contribution >= 4 is 15.8 Å². The predicted octanol–water partition coefficient (Wildman–Crippen LogP) is -0.284. The molecule has 6 nitrogen and oxygen atoms in total. The van der Waals surface area contributed by atoms with Crippen LogP contribution in [-0.2, 0) is 14.6 Å². The van der Waals surface area contributed by atoms with Gasteiger partial charge in [0.25, 0.3) is 0 Å². The minimum Gasteiger partial charge on any atom is -0.374 e. The Morgan fingerprint density at radius 1 is 1.30 bits per heavy atom. The summed E-state index contributed by atoms with van der Waals surface area (Å²) in [6.07, 6.45) is 4.51. The first-order valence-corrected chi connectivity index (χ1v) is 9.33. The first-order valence-electron chi connectivity index (χ1n) is 7.27. The van der Waals surface area contributed by atoms with Gasteiger partial charge in [0.2, 0.25) is 0 Å². The lowest BCUT2D eigenvalue weighted by Crippen LogP contribution is -2.42. The number of sulfone groups is 1. The summed E-state index contributed by atoms with van der Waals surface area (Å²) in [5.74, 6) is 2.22. The number of rotatable bonds is 3. The standard InChI is InChI=1S/C13H23N3O3S/c1-14-13(15-5-6-20(2,17)18)16-7-9-10(8-16)12-4-3-11(9)19-12/h9-12H,3-8H2,1-2H3,(H,14,15). The third-order valence-corrected chi connectivity index (χ3v) is 5.67. The molecule has 4 atom stereocenters. The molecule has 1 N–H and O–H groups in total. The van der Waals surface area contributed by atoms with Gasteiger partial charge < -0.3 is 15.0 Å². The van der Waals surface area contributed by atoms with Crippen molar-refractivity contribution in [2.45, 2.75) is 25.0 Å². The number of aliphatic imine (C=N–C) groups is 1. The zero-order valence-electron chi connectivity index (χ0n) is 12.1. The highest BCUT2D eigenvalue weighted by Gasteiger charge is 2.53. The zero-order chi connectivity index (χ0) is 14.3. The molecule has 3 rings (SSSR count). The van der Waals surface area contributed by atoms with E-state index in [0.717, 1.165) is 19.0 Å². The summed E-state index contributed by atoms with van der Waals surface area (Å²) in [6.45, 7) is 2.37. The predicted molar refractivity (Wildman–Crippen MR) is 77.5 cm³/mol. The van der Waals surface area contributed by atoms with Gasteiger partial charge in [0.05, 0.1) is 18.0 Å². The molecule has 3 fully saturated rings. The minimum absolute atomic E-state index is 0.140. The molecule has 7 heteroatoms. The summed E-state index contributed by atoms with van der Waals surface area (Å²) < 4.78 is 28.3. The highest BCUT2D eigenvalue weighted by atomic mass is 32.2. The van der Waals surface area contributed by atoms with E-state index in [2.05, 4.69) is 15.2 Å². The van der Waals surface area contributed by atoms with Crippen LogP contribution >= 0.6 is 0 Å². The Balaban J connectivity index is 1.56. The average molecular weight is 301 g/mol. The van der Waals surface area contributed by atoms with Gasteiger partial charge in [-0.2, -0.15) is 0 Å². The van der Waals surface area contributed by atoms with Crippen LogP contribution < -0.4 is 5.32 Å². The van der Waals surface area contributed by atoms with E-state index < -0.39 is 9.84 Å². The normalized spacial score (nSPS) is 36.5. The summed E-state index contributed by atoms with van der Waals surface area (Å²) in [6, 6.07) is 0. The second-order valence-corrected chi connectivity index (χ2v) is 8.39. The van der Waals surface area contributed by atoms with Gasteiger partial charge in [-0.05, 0) is 12.8 Å². The largest absolute Gasteiger partial charge is 0.374 e. The zero-order valence-corrected chi connectivity index (χ0v) is 12.9. The van der Waals surface area contributed by atoms with Crippen molar-refractivity contribution in [2.24, 2.45) is 16.8 Å². The Hall–Kier alpha value is -0.820. The number of hydrogen-bond donors (Lipinski definition) is 1. The second-order valence-electron chi connectivity index (χ2n) is 6.13. The van der Waals surface area contributed by atoms with Crippen molar-refractivity contribution < 1.29 is 13.2 Å². The molecule has 0 aliphatic carbocycles. The molecule has 3 aliphatic rings. The molecule has 114 valence electrons. The maximum absolute atomic E-state index is 11.2. The summed E-state index contributed by atoms with van der Waals surface area (Å²) in [5.41, 5.74) is 0. The van der Waals surface area contributed by atoms with E-state index in [-0.39, 0.29) is 5.75 Å². The van der Waals surface area contributed by atoms with E-state index in [1.54, 1.807) is 7.05 Å². The molecule has 0 radical (unpaired) electrons. The molecule has 3 heterocycles. The second kappa shape index (κ2) is 5.18. The Kier molecular flexibility index (Phi) is 3.66. The maximum atomic E-state index is 11.2. The number of fused-ring (bicyclic) bond motifs is 5. The van der Waals surface area contributed by atoms with Crippen LogP contribution in [0.3, 0.4) is 0 Å². The van der Waals surface area contributed by atoms with Crippen LogP contribution in [0, 0.1) is 11.8 Å². The Morgan fingerprint density at radius 3 is 2.40 bits per heavy atom. The van der Waals surface area contributed by atoms with Crippen molar-refractivity contribution in [1.82, 2.24) is 10.2 Å². The van der Waals surface area contributed by atoms with E-state index in [9.17, 15) is 8.42 Å². The lowest BCUT2D eigenvalue weighted by Gasteiger charge is -2.23. The van der Waals surface area contributed by atoms with Gasteiger partial charge in [-0.3, -0.25) is 4.99 Å². The molecule has 2 bridgehead atoms. The number of nitrogens with zero attached hydrogens (tertiary/aromatic N) is 2. The van der Waals surface area contributed by atoms with E-state index >= 15 is 0 Å². The monoisotopic (exact) mass is 301 g/mol. The lowest BCUT2D eigenvalue weighted by molar-refractivity contribution is 0.0767. The first-order chi connectivity index (χ1) is 9.48. The van der Waals surface area contributed by atoms with Crippen LogP contribution in [0.2, 0.25) is 0 Å². The highest BCUT2D eigenvalue weighted by molar-refractivity contribution is 7.90. The molecular weight excluding hydrogens is 278 g/mol. The molecule has 20 heavy (non-hydrogen) atoms. The van der Waals surface area contributed by atoms with Crippen LogP contribution in [0.4, 0.5) is 0 Å². The summed E-state index contributed by atoms with van der Waals surface area (Å²) in [5, 5.41) is 3.16. The fourth-order valence-corrected chi connectivity index (χ4v) is 4.29. The quantitative estimate of drug-likeness (QED) is 0.573. The van der Waals surface area contributed by atoms with Crippen molar-refractivity contribution in [3.63, 3.8) is 0 Å². The first kappa shape index (κ1) is 14.1. The van der Waals surface area contributed by atoms with Crippen molar-refractivity contribution in [3.05, 3.63) is 0 Å². The van der Waals surface area contributed by atoms with Crippen molar-refractivity contribution in [3.8, 4) is 0 Å². The molecule has 0 aromatic heterocycles. The fourth-order valence-electron chi connectivity index (χ4n) is 3.81. The van der Waals surface area contributed by atoms with E-state index in [1.807, 2.05) is 0 Å². The maximum Gasteiger partial charge on any atom is 0.193 e. The lowest BCUT2D eigenvalue weighted by atomic mass is 9.82. The Bertz CT molecular complexity index is 487. The third-order valence-electron chi connectivity index (χ3n) is 4.72. The summed E-state index contributed by atoms with van der Waals surface area (Å²) >= 11 is 0. The van der Waals surface area contributed by atoms with E-state index in [4.69, 9.17) is 4.74 Å². The van der Waals surface area contributed by atoms with Gasteiger partial charge >= 0.3 is 0 Å². The molecule has 0 amide bonds. The SMILES string of the molecule is CN=C(NCCS(C)(=O)=O)N1CC2C3CCC(O3)C2C1. The molecule has 3 aliphatic heterocycles. The van der Waals surface area contributed by atoms with Crippen LogP contribution in [0.25, 0.3) is 0 Å². The van der Waals surface area contributed by atoms with Crippen LogP contribution in [-0.4, -0.2) is 70.2 Å². The number of ether oxygens (including phenoxy) is 1. The third kappa shape index (κ3) is 2.65. The van der Waals surface area contributed by atoms with Gasteiger partial charge in [-0.25, -0.2) is 8.42 Å². The molecule has 0 aromatic carbocycles. The van der Waals surface area contributed by atoms with Gasteiger partial charge in [0.15, 0.2) is 5.96 Å². The minimum atomic E-state index is -2.93. The summed E-state index contributed by atoms with van der Waals surface area (Å²) in [7, 11) is -1.18. The molecule has 0 aromatic rings. The number of guanidine groups is 1. The van der Waals surface area contributed by atoms with Crippen LogP contribution in [0.1, 0.15) is 12.8 Å². The van der Waals surface area contributed by atoms with Gasteiger partial charge in [-0.15, -0.1) is 0 Å². The molecule has 0 spiro atoms. The highest BCUT2D eigenvalue weighted by Crippen LogP contribution is 2.47. The summed E-state index contributed by atoms with van der Waals surface area (Å²) in [4.78, 5) is 6.54. The molecular formula is C13H23N3O3S. The van der Waals surface area contributed by atoms with Gasteiger partial charge in [0.1, 0.15) is 9.84 Å². The van der Waals surface area contributed by atoms with Gasteiger partial charge in [-0.1, -0.05) is 0 Å². The fraction of sp³-hybridized carbons (Fsp3) is 0.923. The number of nitrogens with one attached hydrogen (secondary N) is 1. The Morgan fingerprint density at radius 2 is 1.90 bits per heavy atom. The Labute approximate surface area is 120 Å². The smallest absolute Gasteiger partial charge is 0.193 e. The molecule has 3 saturated heterocycles. The molecule has 0 saturated carbocycles. The molecule has 4 unspecified atom stereocenters. The number of likely N-dealkylation sites (tertiary alicyclic amines) is 1. The van der Waals surface area contributed by atoms with E-state index in [1.165, 1.54) is 19.1 Å². The van der Waals surface area contributed by atoms with Crippen molar-refractivity contribution in [2.75, 3.05) is 38.7 Å². The van der Waals surface area contributed by atoms with Crippen LogP contribution in [0.5, 0.6) is 0 Å². The average Bonchev–Trinajstić information content (AvgIpc) is 3.04. The topological polar surface area (TPSA) is 71.0 Å². The van der Waals surface area contributed by atoms with Crippen LogP contribution in [0.15, 0.2) is 4.99 Å². The van der Waals surface area contributed by atoms with Crippen molar-refractivity contribution in [1.29, 1.82) is 0 Å². The number of hydrogen-bond acceptors (Lipinski definition) is 4. The van der Waals surface area contributed by atoms with E-state index in [0.29, 0.717) is 30.6 Å².